The second-order valence-electron chi connectivity index (χ2n) is 9.05. The van der Waals surface area contributed by atoms with Crippen molar-refractivity contribution >= 4 is 17.3 Å². The molecule has 4 rings (SSSR count). The predicted molar refractivity (Wildman–Crippen MR) is 126 cm³/mol. The van der Waals surface area contributed by atoms with Gasteiger partial charge in [-0.25, -0.2) is 0 Å². The number of nitrogen functional groups attached to an aromatic ring is 1. The average molecular weight is 422 g/mol. The molecule has 31 heavy (non-hydrogen) atoms. The van der Waals surface area contributed by atoms with E-state index in [-0.39, 0.29) is 5.91 Å². The molecule has 166 valence electrons. The summed E-state index contributed by atoms with van der Waals surface area (Å²) >= 11 is 0. The zero-order valence-electron chi connectivity index (χ0n) is 18.8. The molecule has 0 aliphatic carbocycles. The molecule has 3 atom stereocenters. The van der Waals surface area contributed by atoms with E-state index in [0.717, 1.165) is 36.4 Å². The normalized spacial score (nSPS) is 24.0. The van der Waals surface area contributed by atoms with Crippen LogP contribution in [0.4, 0.5) is 11.4 Å². The molecular formula is C26H35N3O2. The van der Waals surface area contributed by atoms with E-state index < -0.39 is 6.10 Å². The van der Waals surface area contributed by atoms with Crippen molar-refractivity contribution in [3.05, 3.63) is 54.1 Å². The molecule has 1 saturated heterocycles. The number of carbonyl (C=O) groups is 1. The van der Waals surface area contributed by atoms with Crippen molar-refractivity contribution in [3.8, 4) is 5.75 Å². The molecule has 5 nitrogen and oxygen atoms in total. The molecule has 5 heteroatoms. The fourth-order valence-corrected chi connectivity index (χ4v) is 5.04. The fraction of sp³-hybridized carbons (Fsp3) is 0.500. The number of benzene rings is 2. The summed E-state index contributed by atoms with van der Waals surface area (Å²) in [5.41, 5.74) is 8.26. The molecule has 1 unspecified atom stereocenters. The van der Waals surface area contributed by atoms with Crippen LogP contribution < -0.4 is 15.4 Å². The van der Waals surface area contributed by atoms with E-state index in [9.17, 15) is 4.79 Å². The van der Waals surface area contributed by atoms with Gasteiger partial charge in [-0.2, -0.15) is 0 Å². The summed E-state index contributed by atoms with van der Waals surface area (Å²) < 4.78 is 6.09. The quantitative estimate of drug-likeness (QED) is 0.495. The van der Waals surface area contributed by atoms with E-state index in [1.165, 1.54) is 25.7 Å². The van der Waals surface area contributed by atoms with Crippen LogP contribution >= 0.6 is 0 Å². The molecule has 1 fully saturated rings. The number of para-hydroxylation sites is 2. The minimum atomic E-state index is -0.645. The standard InChI is InChI=1S/C26H35N3O2/c1-19-10-8-11-20(2)28(19)16-6-3-7-17-29-23-14-4-5-15-24(23)31-25(26(29)30)21-12-9-13-22(27)18-21/h4-5,9,12-15,18-20,25H,3,6-8,10-11,16-17,27H2,1-2H3/t19-,20+,25?. The van der Waals surface area contributed by atoms with E-state index in [4.69, 9.17) is 10.5 Å². The molecule has 2 aliphatic heterocycles. The highest BCUT2D eigenvalue weighted by molar-refractivity contribution is 6.00. The second kappa shape index (κ2) is 9.73. The number of hydrogen-bond donors (Lipinski definition) is 1. The first-order valence-corrected chi connectivity index (χ1v) is 11.7. The number of unbranched alkanes of at least 4 members (excludes halogenated alkanes) is 2. The molecule has 2 heterocycles. The number of anilines is 2. The van der Waals surface area contributed by atoms with Crippen LogP contribution in [0.3, 0.4) is 0 Å². The van der Waals surface area contributed by atoms with Gasteiger partial charge in [0, 0.05) is 29.9 Å². The lowest BCUT2D eigenvalue weighted by Gasteiger charge is -2.39. The Balaban J connectivity index is 1.39. The number of nitrogens with zero attached hydrogens (tertiary/aromatic N) is 2. The van der Waals surface area contributed by atoms with Gasteiger partial charge in [0.2, 0.25) is 6.10 Å². The molecule has 0 radical (unpaired) electrons. The van der Waals surface area contributed by atoms with Crippen LogP contribution in [0.1, 0.15) is 64.0 Å². The highest BCUT2D eigenvalue weighted by Crippen LogP contribution is 2.39. The third kappa shape index (κ3) is 4.87. The van der Waals surface area contributed by atoms with Gasteiger partial charge < -0.3 is 15.4 Å². The Kier molecular flexibility index (Phi) is 6.81. The molecule has 0 aromatic heterocycles. The Morgan fingerprint density at radius 2 is 1.71 bits per heavy atom. The van der Waals surface area contributed by atoms with Crippen LogP contribution in [0, 0.1) is 0 Å². The molecule has 1 amide bonds. The van der Waals surface area contributed by atoms with Crippen LogP contribution in [0.15, 0.2) is 48.5 Å². The monoisotopic (exact) mass is 421 g/mol. The molecule has 2 aromatic carbocycles. The zero-order chi connectivity index (χ0) is 21.8. The molecule has 0 bridgehead atoms. The SMILES string of the molecule is C[C@@H]1CCC[C@H](C)N1CCCCCN1C(=O)C(c2cccc(N)c2)Oc2ccccc21. The number of rotatable bonds is 7. The topological polar surface area (TPSA) is 58.8 Å². The van der Waals surface area contributed by atoms with E-state index in [1.807, 2.05) is 53.4 Å². The van der Waals surface area contributed by atoms with Crippen LogP contribution in [-0.4, -0.2) is 36.0 Å². The largest absolute Gasteiger partial charge is 0.474 e. The zero-order valence-corrected chi connectivity index (χ0v) is 18.8. The highest BCUT2D eigenvalue weighted by Gasteiger charge is 2.35. The predicted octanol–water partition coefficient (Wildman–Crippen LogP) is 5.17. The Morgan fingerprint density at radius 1 is 0.968 bits per heavy atom. The lowest BCUT2D eigenvalue weighted by Crippen LogP contribution is -2.44. The van der Waals surface area contributed by atoms with E-state index in [2.05, 4.69) is 18.7 Å². The van der Waals surface area contributed by atoms with Gasteiger partial charge in [0.15, 0.2) is 0 Å². The second-order valence-corrected chi connectivity index (χ2v) is 9.05. The minimum Gasteiger partial charge on any atom is -0.474 e. The maximum absolute atomic E-state index is 13.3. The summed E-state index contributed by atoms with van der Waals surface area (Å²) in [4.78, 5) is 17.9. The first-order chi connectivity index (χ1) is 15.0. The summed E-state index contributed by atoms with van der Waals surface area (Å²) in [7, 11) is 0. The van der Waals surface area contributed by atoms with Crippen molar-refractivity contribution in [2.75, 3.05) is 23.7 Å². The number of carbonyl (C=O) groups excluding carboxylic acids is 1. The lowest BCUT2D eigenvalue weighted by molar-refractivity contribution is -0.126. The van der Waals surface area contributed by atoms with Gasteiger partial charge in [-0.1, -0.05) is 37.1 Å². The van der Waals surface area contributed by atoms with Crippen LogP contribution in [0.5, 0.6) is 5.75 Å². The van der Waals surface area contributed by atoms with Crippen molar-refractivity contribution < 1.29 is 9.53 Å². The molecule has 0 saturated carbocycles. The molecular weight excluding hydrogens is 386 g/mol. The van der Waals surface area contributed by atoms with Crippen LogP contribution in [0.25, 0.3) is 0 Å². The van der Waals surface area contributed by atoms with Gasteiger partial charge in [-0.05, 0) is 70.3 Å². The molecule has 2 aliphatic rings. The van der Waals surface area contributed by atoms with Gasteiger partial charge in [-0.15, -0.1) is 0 Å². The number of fused-ring (bicyclic) bond motifs is 1. The Hall–Kier alpha value is -2.53. The molecule has 2 N–H and O–H groups in total. The number of nitrogens with two attached hydrogens (primary N) is 1. The third-order valence-electron chi connectivity index (χ3n) is 6.78. The summed E-state index contributed by atoms with van der Waals surface area (Å²) in [5, 5.41) is 0. The third-order valence-corrected chi connectivity index (χ3v) is 6.78. The average Bonchev–Trinajstić information content (AvgIpc) is 2.76. The minimum absolute atomic E-state index is 0.0115. The number of ether oxygens (including phenoxy) is 1. The summed E-state index contributed by atoms with van der Waals surface area (Å²) in [6, 6.07) is 16.6. The highest BCUT2D eigenvalue weighted by atomic mass is 16.5. The van der Waals surface area contributed by atoms with Crippen molar-refractivity contribution in [1.29, 1.82) is 0 Å². The Bertz CT molecular complexity index is 890. The number of hydrogen-bond acceptors (Lipinski definition) is 4. The summed E-state index contributed by atoms with van der Waals surface area (Å²) in [6.45, 7) is 6.58. The number of amides is 1. The van der Waals surface area contributed by atoms with E-state index in [0.29, 0.717) is 24.3 Å². The maximum Gasteiger partial charge on any atom is 0.272 e. The van der Waals surface area contributed by atoms with Crippen molar-refractivity contribution in [3.63, 3.8) is 0 Å². The van der Waals surface area contributed by atoms with Crippen molar-refractivity contribution in [2.24, 2.45) is 0 Å². The molecule has 2 aromatic rings. The van der Waals surface area contributed by atoms with Gasteiger partial charge in [0.25, 0.3) is 5.91 Å². The Labute approximate surface area is 186 Å². The van der Waals surface area contributed by atoms with E-state index >= 15 is 0 Å². The maximum atomic E-state index is 13.3. The first kappa shape index (κ1) is 21.7. The van der Waals surface area contributed by atoms with E-state index in [1.54, 1.807) is 0 Å². The first-order valence-electron chi connectivity index (χ1n) is 11.7. The van der Waals surface area contributed by atoms with Gasteiger partial charge >= 0.3 is 0 Å². The Morgan fingerprint density at radius 3 is 2.48 bits per heavy atom. The smallest absolute Gasteiger partial charge is 0.272 e. The van der Waals surface area contributed by atoms with Crippen molar-refractivity contribution in [1.82, 2.24) is 4.90 Å². The number of piperidine rings is 1. The van der Waals surface area contributed by atoms with Crippen LogP contribution in [0.2, 0.25) is 0 Å². The van der Waals surface area contributed by atoms with Crippen LogP contribution in [-0.2, 0) is 4.79 Å². The van der Waals surface area contributed by atoms with Gasteiger partial charge in [0.1, 0.15) is 5.75 Å². The van der Waals surface area contributed by atoms with Gasteiger partial charge in [0.05, 0.1) is 5.69 Å². The van der Waals surface area contributed by atoms with Gasteiger partial charge in [-0.3, -0.25) is 9.69 Å². The summed E-state index contributed by atoms with van der Waals surface area (Å²) in [5.74, 6) is 0.744. The fourth-order valence-electron chi connectivity index (χ4n) is 5.04. The number of likely N-dealkylation sites (tertiary alicyclic amines) is 1. The van der Waals surface area contributed by atoms with Crippen molar-refractivity contribution in [2.45, 2.75) is 70.6 Å². The molecule has 0 spiro atoms. The lowest BCUT2D eigenvalue weighted by atomic mass is 9.97. The summed E-state index contributed by atoms with van der Waals surface area (Å²) in [6.07, 6.45) is 6.61.